The van der Waals surface area contributed by atoms with Gasteiger partial charge in [0.15, 0.2) is 0 Å². The number of nitrogens with zero attached hydrogens (tertiary/aromatic N) is 1. The predicted octanol–water partition coefficient (Wildman–Crippen LogP) is 3.39. The van der Waals surface area contributed by atoms with Gasteiger partial charge in [0.05, 0.1) is 18.2 Å². The SMILES string of the molecule is CC(C)CCOCCCOc1ccc(C#N)cc1. The summed E-state index contributed by atoms with van der Waals surface area (Å²) < 4.78 is 11.0. The zero-order chi connectivity index (χ0) is 13.2. The smallest absolute Gasteiger partial charge is 0.119 e. The van der Waals surface area contributed by atoms with Gasteiger partial charge >= 0.3 is 0 Å². The Morgan fingerprint density at radius 2 is 1.83 bits per heavy atom. The van der Waals surface area contributed by atoms with E-state index >= 15 is 0 Å². The normalized spacial score (nSPS) is 10.3. The molecule has 3 heteroatoms. The molecule has 0 aliphatic rings. The third kappa shape index (κ3) is 6.27. The molecule has 0 aliphatic carbocycles. The lowest BCUT2D eigenvalue weighted by molar-refractivity contribution is 0.110. The molecule has 0 amide bonds. The minimum atomic E-state index is 0.646. The van der Waals surface area contributed by atoms with Crippen LogP contribution in [0.4, 0.5) is 0 Å². The van der Waals surface area contributed by atoms with Crippen LogP contribution in [0.1, 0.15) is 32.3 Å². The van der Waals surface area contributed by atoms with Crippen molar-refractivity contribution in [1.82, 2.24) is 0 Å². The summed E-state index contributed by atoms with van der Waals surface area (Å²) in [6, 6.07) is 9.23. The van der Waals surface area contributed by atoms with Crippen molar-refractivity contribution in [2.75, 3.05) is 19.8 Å². The first kappa shape index (κ1) is 14.5. The van der Waals surface area contributed by atoms with Crippen molar-refractivity contribution >= 4 is 0 Å². The third-order valence-corrected chi connectivity index (χ3v) is 2.52. The zero-order valence-electron chi connectivity index (χ0n) is 11.2. The molecule has 18 heavy (non-hydrogen) atoms. The summed E-state index contributed by atoms with van der Waals surface area (Å²) in [5.41, 5.74) is 0.652. The van der Waals surface area contributed by atoms with Gasteiger partial charge in [-0.05, 0) is 36.6 Å². The number of nitriles is 1. The summed E-state index contributed by atoms with van der Waals surface area (Å²) in [6.45, 7) is 6.60. The van der Waals surface area contributed by atoms with E-state index in [9.17, 15) is 0 Å². The molecule has 0 saturated heterocycles. The molecule has 1 aromatic rings. The molecule has 0 aliphatic heterocycles. The topological polar surface area (TPSA) is 42.2 Å². The van der Waals surface area contributed by atoms with Gasteiger partial charge in [-0.2, -0.15) is 5.26 Å². The highest BCUT2D eigenvalue weighted by molar-refractivity contribution is 5.34. The predicted molar refractivity (Wildman–Crippen MR) is 71.5 cm³/mol. The van der Waals surface area contributed by atoms with Crippen LogP contribution in [0, 0.1) is 17.2 Å². The summed E-state index contributed by atoms with van der Waals surface area (Å²) >= 11 is 0. The summed E-state index contributed by atoms with van der Waals surface area (Å²) in [4.78, 5) is 0. The van der Waals surface area contributed by atoms with E-state index in [4.69, 9.17) is 14.7 Å². The molecule has 0 heterocycles. The largest absolute Gasteiger partial charge is 0.494 e. The number of benzene rings is 1. The fraction of sp³-hybridized carbons (Fsp3) is 0.533. The van der Waals surface area contributed by atoms with Crippen molar-refractivity contribution in [1.29, 1.82) is 5.26 Å². The van der Waals surface area contributed by atoms with Crippen LogP contribution < -0.4 is 4.74 Å². The maximum absolute atomic E-state index is 8.66. The number of ether oxygens (including phenoxy) is 2. The van der Waals surface area contributed by atoms with Gasteiger partial charge in [-0.1, -0.05) is 13.8 Å². The van der Waals surface area contributed by atoms with E-state index in [-0.39, 0.29) is 0 Å². The van der Waals surface area contributed by atoms with E-state index in [1.54, 1.807) is 12.1 Å². The Kier molecular flexibility index (Phi) is 6.90. The fourth-order valence-corrected chi connectivity index (χ4v) is 1.40. The summed E-state index contributed by atoms with van der Waals surface area (Å²) in [5, 5.41) is 8.66. The molecular weight excluding hydrogens is 226 g/mol. The Morgan fingerprint density at radius 3 is 2.44 bits per heavy atom. The first-order chi connectivity index (χ1) is 8.72. The van der Waals surface area contributed by atoms with Crippen molar-refractivity contribution in [3.8, 4) is 11.8 Å². The average Bonchev–Trinajstić information content (AvgIpc) is 2.38. The first-order valence-electron chi connectivity index (χ1n) is 6.43. The van der Waals surface area contributed by atoms with Crippen molar-refractivity contribution in [2.24, 2.45) is 5.92 Å². The number of rotatable bonds is 8. The number of hydrogen-bond donors (Lipinski definition) is 0. The van der Waals surface area contributed by atoms with Crippen molar-refractivity contribution in [3.63, 3.8) is 0 Å². The van der Waals surface area contributed by atoms with E-state index in [2.05, 4.69) is 19.9 Å². The van der Waals surface area contributed by atoms with E-state index in [1.165, 1.54) is 0 Å². The molecule has 0 N–H and O–H groups in total. The zero-order valence-corrected chi connectivity index (χ0v) is 11.2. The highest BCUT2D eigenvalue weighted by atomic mass is 16.5. The van der Waals surface area contributed by atoms with Gasteiger partial charge in [-0.15, -0.1) is 0 Å². The molecule has 0 radical (unpaired) electrons. The van der Waals surface area contributed by atoms with Gasteiger partial charge in [0.1, 0.15) is 5.75 Å². The standard InChI is InChI=1S/C15H21NO2/c1-13(2)8-11-17-9-3-10-18-15-6-4-14(12-16)5-7-15/h4-7,13H,3,8-11H2,1-2H3. The Hall–Kier alpha value is -1.53. The van der Waals surface area contributed by atoms with Crippen LogP contribution in [-0.2, 0) is 4.74 Å². The molecule has 98 valence electrons. The van der Waals surface area contributed by atoms with E-state index in [0.29, 0.717) is 18.1 Å². The quantitative estimate of drug-likeness (QED) is 0.661. The first-order valence-corrected chi connectivity index (χ1v) is 6.43. The second-order valence-electron chi connectivity index (χ2n) is 4.63. The van der Waals surface area contributed by atoms with E-state index in [0.717, 1.165) is 31.8 Å². The maximum Gasteiger partial charge on any atom is 0.119 e. The van der Waals surface area contributed by atoms with Crippen LogP contribution in [0.3, 0.4) is 0 Å². The summed E-state index contributed by atoms with van der Waals surface area (Å²) in [5.74, 6) is 1.50. The molecule has 3 nitrogen and oxygen atoms in total. The van der Waals surface area contributed by atoms with Crippen molar-refractivity contribution < 1.29 is 9.47 Å². The number of hydrogen-bond acceptors (Lipinski definition) is 3. The fourth-order valence-electron chi connectivity index (χ4n) is 1.40. The van der Waals surface area contributed by atoms with Gasteiger partial charge in [-0.3, -0.25) is 0 Å². The molecular formula is C15H21NO2. The Morgan fingerprint density at radius 1 is 1.11 bits per heavy atom. The molecule has 1 rings (SSSR count). The minimum absolute atomic E-state index is 0.646. The molecule has 0 aromatic heterocycles. The van der Waals surface area contributed by atoms with E-state index in [1.807, 2.05) is 12.1 Å². The van der Waals surface area contributed by atoms with Crippen LogP contribution in [0.5, 0.6) is 5.75 Å². The Labute approximate surface area is 109 Å². The highest BCUT2D eigenvalue weighted by Gasteiger charge is 1.96. The van der Waals surface area contributed by atoms with Gasteiger partial charge < -0.3 is 9.47 Å². The monoisotopic (exact) mass is 247 g/mol. The average molecular weight is 247 g/mol. The van der Waals surface area contributed by atoms with Crippen molar-refractivity contribution in [2.45, 2.75) is 26.7 Å². The lowest BCUT2D eigenvalue weighted by Gasteiger charge is -2.08. The second-order valence-corrected chi connectivity index (χ2v) is 4.63. The summed E-state index contributed by atoms with van der Waals surface area (Å²) in [7, 11) is 0. The molecule has 0 fully saturated rings. The molecule has 0 saturated carbocycles. The Bertz CT molecular complexity index is 365. The van der Waals surface area contributed by atoms with Crippen LogP contribution in [0.25, 0.3) is 0 Å². The van der Waals surface area contributed by atoms with E-state index < -0.39 is 0 Å². The van der Waals surface area contributed by atoms with Gasteiger partial charge in [0.25, 0.3) is 0 Å². The maximum atomic E-state index is 8.66. The van der Waals surface area contributed by atoms with Crippen LogP contribution in [-0.4, -0.2) is 19.8 Å². The van der Waals surface area contributed by atoms with Gasteiger partial charge in [0.2, 0.25) is 0 Å². The van der Waals surface area contributed by atoms with Gasteiger partial charge in [0, 0.05) is 19.6 Å². The lowest BCUT2D eigenvalue weighted by atomic mass is 10.1. The van der Waals surface area contributed by atoms with Crippen molar-refractivity contribution in [3.05, 3.63) is 29.8 Å². The lowest BCUT2D eigenvalue weighted by Crippen LogP contribution is -2.05. The van der Waals surface area contributed by atoms with Crippen LogP contribution in [0.15, 0.2) is 24.3 Å². The molecule has 0 atom stereocenters. The van der Waals surface area contributed by atoms with Crippen LogP contribution >= 0.6 is 0 Å². The minimum Gasteiger partial charge on any atom is -0.494 e. The molecule has 1 aromatic carbocycles. The van der Waals surface area contributed by atoms with Crippen LogP contribution in [0.2, 0.25) is 0 Å². The summed E-state index contributed by atoms with van der Waals surface area (Å²) in [6.07, 6.45) is 1.99. The Balaban J connectivity index is 2.05. The molecule has 0 bridgehead atoms. The second kappa shape index (κ2) is 8.54. The van der Waals surface area contributed by atoms with Gasteiger partial charge in [-0.25, -0.2) is 0 Å². The highest BCUT2D eigenvalue weighted by Crippen LogP contribution is 2.11. The molecule has 0 spiro atoms. The molecule has 0 unspecified atom stereocenters. The third-order valence-electron chi connectivity index (χ3n) is 2.52.